The molecule has 0 saturated carbocycles. The summed E-state index contributed by atoms with van der Waals surface area (Å²) in [4.78, 5) is 87.7. The number of carbonyl (C=O) groups is 7. The van der Waals surface area contributed by atoms with E-state index in [1.807, 2.05) is 60.7 Å². The van der Waals surface area contributed by atoms with Crippen LogP contribution in [0.25, 0.3) is 0 Å². The summed E-state index contributed by atoms with van der Waals surface area (Å²) in [5.41, 5.74) is 1.64. The molecule has 0 aliphatic carbocycles. The average Bonchev–Trinajstić information content (AvgIpc) is 3.84. The van der Waals surface area contributed by atoms with Crippen LogP contribution in [0, 0.1) is 11.8 Å². The Morgan fingerprint density at radius 2 is 1.11 bits per heavy atom. The van der Waals surface area contributed by atoms with E-state index in [4.69, 9.17) is 0 Å². The minimum Gasteiger partial charge on any atom is -0.480 e. The Kier molecular flexibility index (Phi) is 17.3. The van der Waals surface area contributed by atoms with E-state index in [9.17, 15) is 43.8 Å². The van der Waals surface area contributed by atoms with Gasteiger partial charge in [0.1, 0.15) is 24.2 Å². The summed E-state index contributed by atoms with van der Waals surface area (Å²) in [5.74, 6) is -3.21. The number of carbonyl (C=O) groups excluding carboxylic acids is 5. The number of hydrogen-bond acceptors (Lipinski definition) is 9. The molecule has 2 aromatic carbocycles. The van der Waals surface area contributed by atoms with Gasteiger partial charge in [0, 0.05) is 56.2 Å². The summed E-state index contributed by atoms with van der Waals surface area (Å²) in [6.45, 7) is 5.94. The van der Waals surface area contributed by atoms with Gasteiger partial charge in [-0.1, -0.05) is 86.3 Å². The predicted octanol–water partition coefficient (Wildman–Crippen LogP) is 3.06. The summed E-state index contributed by atoms with van der Waals surface area (Å²) in [5, 5.41) is 24.0. The van der Waals surface area contributed by atoms with Crippen LogP contribution in [0.15, 0.2) is 60.7 Å². The molecule has 6 atom stereocenters. The van der Waals surface area contributed by atoms with Crippen molar-refractivity contribution in [2.24, 2.45) is 11.8 Å². The molecule has 15 heteroatoms. The van der Waals surface area contributed by atoms with Gasteiger partial charge >= 0.3 is 11.9 Å². The van der Waals surface area contributed by atoms with E-state index < -0.39 is 47.9 Å². The van der Waals surface area contributed by atoms with E-state index in [1.165, 1.54) is 11.8 Å². The van der Waals surface area contributed by atoms with Crippen LogP contribution in [0.1, 0.15) is 57.6 Å². The Balaban J connectivity index is 0.000000287. The molecule has 2 aliphatic heterocycles. The molecule has 53 heavy (non-hydrogen) atoms. The lowest BCUT2D eigenvalue weighted by molar-refractivity contribution is -0.145. The van der Waals surface area contributed by atoms with Crippen LogP contribution in [0.2, 0.25) is 0 Å². The molecule has 2 unspecified atom stereocenters. The maximum absolute atomic E-state index is 12.7. The quantitative estimate of drug-likeness (QED) is 0.168. The van der Waals surface area contributed by atoms with Crippen LogP contribution in [0.3, 0.4) is 0 Å². The van der Waals surface area contributed by atoms with Gasteiger partial charge in [0.15, 0.2) is 5.12 Å². The molecular weight excluding hydrogens is 721 g/mol. The summed E-state index contributed by atoms with van der Waals surface area (Å²) in [6, 6.07) is 14.9. The second kappa shape index (κ2) is 21.4. The molecule has 0 aromatic heterocycles. The van der Waals surface area contributed by atoms with Gasteiger partial charge in [-0.25, -0.2) is 9.59 Å². The van der Waals surface area contributed by atoms with E-state index in [0.717, 1.165) is 29.3 Å². The van der Waals surface area contributed by atoms with Crippen molar-refractivity contribution in [3.05, 3.63) is 71.8 Å². The van der Waals surface area contributed by atoms with E-state index in [2.05, 4.69) is 23.3 Å². The number of likely N-dealkylation sites (tertiary alicyclic amines) is 2. The van der Waals surface area contributed by atoms with Gasteiger partial charge < -0.3 is 30.6 Å². The number of carboxylic acids is 2. The smallest absolute Gasteiger partial charge is 0.326 e. The predicted molar refractivity (Wildman–Crippen MR) is 204 cm³/mol. The van der Waals surface area contributed by atoms with Crippen molar-refractivity contribution < 1.29 is 43.8 Å². The molecule has 2 saturated heterocycles. The number of rotatable bonds is 15. The summed E-state index contributed by atoms with van der Waals surface area (Å²) < 4.78 is 0. The van der Waals surface area contributed by atoms with Crippen molar-refractivity contribution in [1.82, 2.24) is 20.4 Å². The monoisotopic (exact) mass is 770 g/mol. The molecule has 4 rings (SSSR count). The van der Waals surface area contributed by atoms with Gasteiger partial charge in [0.05, 0.1) is 0 Å². The van der Waals surface area contributed by atoms with Crippen molar-refractivity contribution in [3.63, 3.8) is 0 Å². The lowest BCUT2D eigenvalue weighted by Gasteiger charge is -2.27. The van der Waals surface area contributed by atoms with E-state index in [-0.39, 0.29) is 41.6 Å². The zero-order valence-corrected chi connectivity index (χ0v) is 32.0. The van der Waals surface area contributed by atoms with Crippen molar-refractivity contribution in [2.75, 3.05) is 24.6 Å². The average molecular weight is 771 g/mol. The number of thioether (sulfide) groups is 1. The fourth-order valence-corrected chi connectivity index (χ4v) is 6.98. The molecular formula is C38H50N4O9S2. The standard InChI is InChI=1S/C20H26N2O5S.C18H24N2O4S/c1-13(12-28-14(2)23)19(25)22-10-6-9-17(22)18(24)21-16(20(26)27)11-15-7-4-3-5-8-15;1-12(11-25)17(22)20-9-5-8-15(20)16(21)19-14(18(23)24)10-13-6-3-2-4-7-13/h3-5,7-8,13,16-17H,6,9-12H2,1-2H3,(H,21,24)(H,26,27);2-4,6-7,12,14-15,25H,5,8-11H2,1H3,(H,19,21)(H,23,24)/t13?,16-,17-;12?,14-,15-/m00/s1. The molecule has 288 valence electrons. The fraction of sp³-hybridized carbons (Fsp3) is 0.500. The first-order valence-corrected chi connectivity index (χ1v) is 19.3. The van der Waals surface area contributed by atoms with Gasteiger partial charge in [0.25, 0.3) is 0 Å². The van der Waals surface area contributed by atoms with Crippen molar-refractivity contribution in [1.29, 1.82) is 0 Å². The normalized spacial score (nSPS) is 18.8. The van der Waals surface area contributed by atoms with Crippen LogP contribution in [-0.2, 0) is 46.4 Å². The first kappa shape index (κ1) is 43.0. The minimum atomic E-state index is -1.11. The first-order valence-electron chi connectivity index (χ1n) is 17.7. The number of carboxylic acid groups (broad SMARTS) is 2. The number of aliphatic carboxylic acids is 2. The summed E-state index contributed by atoms with van der Waals surface area (Å²) >= 11 is 5.23. The van der Waals surface area contributed by atoms with Gasteiger partial charge in [-0.3, -0.25) is 24.0 Å². The van der Waals surface area contributed by atoms with E-state index in [0.29, 0.717) is 43.9 Å². The number of hydrogen-bond donors (Lipinski definition) is 5. The number of nitrogens with zero attached hydrogens (tertiary/aromatic N) is 2. The maximum Gasteiger partial charge on any atom is 0.326 e. The highest BCUT2D eigenvalue weighted by Crippen LogP contribution is 2.23. The largest absolute Gasteiger partial charge is 0.480 e. The van der Waals surface area contributed by atoms with Gasteiger partial charge in [0.2, 0.25) is 23.6 Å². The Morgan fingerprint density at radius 3 is 1.47 bits per heavy atom. The number of amides is 4. The van der Waals surface area contributed by atoms with Crippen LogP contribution < -0.4 is 10.6 Å². The highest BCUT2D eigenvalue weighted by molar-refractivity contribution is 8.13. The summed E-state index contributed by atoms with van der Waals surface area (Å²) in [6.07, 6.45) is 2.85. The number of thiol groups is 1. The second-order valence-electron chi connectivity index (χ2n) is 13.3. The third-order valence-electron chi connectivity index (χ3n) is 9.13. The van der Waals surface area contributed by atoms with E-state index in [1.54, 1.807) is 18.7 Å². The molecule has 4 N–H and O–H groups in total. The highest BCUT2D eigenvalue weighted by atomic mass is 32.2. The lowest BCUT2D eigenvalue weighted by Crippen LogP contribution is -2.52. The number of nitrogens with one attached hydrogen (secondary N) is 2. The summed E-state index contributed by atoms with van der Waals surface area (Å²) in [7, 11) is 0. The first-order chi connectivity index (χ1) is 25.2. The van der Waals surface area contributed by atoms with Crippen molar-refractivity contribution in [3.8, 4) is 0 Å². The van der Waals surface area contributed by atoms with Crippen molar-refractivity contribution in [2.45, 2.75) is 83.5 Å². The van der Waals surface area contributed by atoms with E-state index >= 15 is 0 Å². The topological polar surface area (TPSA) is 190 Å². The van der Waals surface area contributed by atoms with Crippen molar-refractivity contribution >= 4 is 65.1 Å². The fourth-order valence-electron chi connectivity index (χ4n) is 6.20. The third kappa shape index (κ3) is 13.2. The minimum absolute atomic E-state index is 0.0550. The molecule has 4 amide bonds. The second-order valence-corrected chi connectivity index (χ2v) is 14.9. The molecule has 13 nitrogen and oxygen atoms in total. The third-order valence-corrected chi connectivity index (χ3v) is 10.7. The SMILES string of the molecule is CC(=O)SCC(C)C(=O)N1CCC[C@H]1C(=O)N[C@@H](Cc1ccccc1)C(=O)O.CC(CS)C(=O)N1CCC[C@H]1C(=O)N[C@@H](Cc1ccccc1)C(=O)O. The van der Waals surface area contributed by atoms with Gasteiger partial charge in [-0.15, -0.1) is 0 Å². The number of benzene rings is 2. The molecule has 0 bridgehead atoms. The Labute approximate surface area is 320 Å². The Morgan fingerprint density at radius 1 is 0.717 bits per heavy atom. The van der Waals surface area contributed by atoms with Crippen LogP contribution >= 0.6 is 24.4 Å². The molecule has 0 radical (unpaired) electrons. The highest BCUT2D eigenvalue weighted by Gasteiger charge is 2.38. The van der Waals surface area contributed by atoms with Gasteiger partial charge in [-0.2, -0.15) is 12.6 Å². The zero-order valence-electron chi connectivity index (χ0n) is 30.3. The van der Waals surface area contributed by atoms with Crippen LogP contribution in [-0.4, -0.2) is 109 Å². The molecule has 2 heterocycles. The van der Waals surface area contributed by atoms with Crippen LogP contribution in [0.5, 0.6) is 0 Å². The molecule has 0 spiro atoms. The Bertz CT molecular complexity index is 1580. The van der Waals surface area contributed by atoms with Crippen LogP contribution in [0.4, 0.5) is 0 Å². The van der Waals surface area contributed by atoms with Gasteiger partial charge in [-0.05, 0) is 36.8 Å². The molecule has 2 aliphatic rings. The Hall–Kier alpha value is -4.37. The lowest BCUT2D eigenvalue weighted by atomic mass is 10.1. The molecule has 2 fully saturated rings. The molecule has 2 aromatic rings. The zero-order chi connectivity index (χ0) is 39.1. The maximum atomic E-state index is 12.7.